The van der Waals surface area contributed by atoms with E-state index in [4.69, 9.17) is 0 Å². The molecule has 2 amide bonds. The number of likely N-dealkylation sites (N-methyl/N-ethyl adjacent to an activating group) is 1. The second-order valence-electron chi connectivity index (χ2n) is 9.39. The summed E-state index contributed by atoms with van der Waals surface area (Å²) in [6, 6.07) is 17.3. The van der Waals surface area contributed by atoms with Gasteiger partial charge in [-0.1, -0.05) is 48.5 Å². The summed E-state index contributed by atoms with van der Waals surface area (Å²) >= 11 is 0. The summed E-state index contributed by atoms with van der Waals surface area (Å²) in [6.45, 7) is 3.65. The smallest absolute Gasteiger partial charge is 0.303 e. The number of benzene rings is 3. The molecule has 2 unspecified atom stereocenters. The maximum Gasteiger partial charge on any atom is 0.303 e. The molecule has 0 spiro atoms. The SMILES string of the molecule is CNC(C)C(=O)NC1CN(S(=O)(=O)N(C)C)c2ccccc2N(Cc2c(C)ccc3ccccc23)C1=O.Cl. The highest BCUT2D eigenvalue weighted by Crippen LogP contribution is 2.37. The van der Waals surface area contributed by atoms with Gasteiger partial charge in [0.1, 0.15) is 6.04 Å². The van der Waals surface area contributed by atoms with E-state index in [1.54, 1.807) is 43.1 Å². The molecule has 11 heteroatoms. The number of nitrogens with one attached hydrogen (secondary N) is 2. The zero-order chi connectivity index (χ0) is 26.9. The van der Waals surface area contributed by atoms with Crippen LogP contribution in [0, 0.1) is 6.92 Å². The molecule has 0 aromatic heterocycles. The van der Waals surface area contributed by atoms with E-state index in [-0.39, 0.29) is 31.4 Å². The molecule has 0 bridgehead atoms. The van der Waals surface area contributed by atoms with E-state index >= 15 is 0 Å². The fourth-order valence-corrected chi connectivity index (χ4v) is 5.61. The van der Waals surface area contributed by atoms with Gasteiger partial charge in [-0.05, 0) is 54.9 Å². The summed E-state index contributed by atoms with van der Waals surface area (Å²) in [6.07, 6.45) is 0. The van der Waals surface area contributed by atoms with Gasteiger partial charge < -0.3 is 15.5 Å². The number of aryl methyl sites for hydroxylation is 1. The third-order valence-corrected chi connectivity index (χ3v) is 8.65. The Labute approximate surface area is 230 Å². The van der Waals surface area contributed by atoms with Gasteiger partial charge in [0.2, 0.25) is 5.91 Å². The van der Waals surface area contributed by atoms with E-state index < -0.39 is 28.2 Å². The summed E-state index contributed by atoms with van der Waals surface area (Å²) in [5.41, 5.74) is 2.80. The van der Waals surface area contributed by atoms with Crippen LogP contribution in [0.5, 0.6) is 0 Å². The number of carbonyl (C=O) groups excluding carboxylic acids is 2. The summed E-state index contributed by atoms with van der Waals surface area (Å²) in [4.78, 5) is 28.5. The van der Waals surface area contributed by atoms with Crippen LogP contribution in [0.1, 0.15) is 18.1 Å². The maximum absolute atomic E-state index is 14.1. The van der Waals surface area contributed by atoms with Crippen molar-refractivity contribution in [2.75, 3.05) is 36.9 Å². The highest BCUT2D eigenvalue weighted by Gasteiger charge is 2.40. The molecule has 0 aliphatic carbocycles. The molecule has 38 heavy (non-hydrogen) atoms. The molecule has 3 aromatic rings. The Hall–Kier alpha value is -3.18. The Morgan fingerprint density at radius 1 is 1.05 bits per heavy atom. The first-order chi connectivity index (χ1) is 17.6. The van der Waals surface area contributed by atoms with Gasteiger partial charge in [-0.15, -0.1) is 12.4 Å². The first-order valence-corrected chi connectivity index (χ1v) is 13.5. The van der Waals surface area contributed by atoms with Crippen molar-refractivity contribution in [1.29, 1.82) is 0 Å². The van der Waals surface area contributed by atoms with Crippen LogP contribution in [-0.2, 0) is 26.3 Å². The second kappa shape index (κ2) is 11.7. The number of hydrogen-bond acceptors (Lipinski definition) is 5. The zero-order valence-corrected chi connectivity index (χ0v) is 23.8. The quantitative estimate of drug-likeness (QED) is 0.463. The summed E-state index contributed by atoms with van der Waals surface area (Å²) in [5, 5.41) is 7.71. The molecule has 4 rings (SSSR count). The van der Waals surface area contributed by atoms with Crippen LogP contribution in [0.15, 0.2) is 60.7 Å². The number of para-hydroxylation sites is 2. The predicted octanol–water partition coefficient (Wildman–Crippen LogP) is 2.82. The minimum atomic E-state index is -3.97. The Bertz CT molecular complexity index is 1450. The number of hydrogen-bond donors (Lipinski definition) is 2. The molecule has 9 nitrogen and oxygen atoms in total. The van der Waals surface area contributed by atoms with Crippen LogP contribution < -0.4 is 19.8 Å². The molecular weight excluding hydrogens is 526 g/mol. The largest absolute Gasteiger partial charge is 0.341 e. The van der Waals surface area contributed by atoms with E-state index in [0.29, 0.717) is 11.4 Å². The van der Waals surface area contributed by atoms with Gasteiger partial charge in [-0.3, -0.25) is 13.9 Å². The van der Waals surface area contributed by atoms with Crippen LogP contribution in [0.25, 0.3) is 10.8 Å². The zero-order valence-electron chi connectivity index (χ0n) is 22.1. The van der Waals surface area contributed by atoms with Gasteiger partial charge in [0, 0.05) is 14.1 Å². The standard InChI is InChI=1S/C27H33N5O4S.ClH/c1-18-14-15-20-10-6-7-11-21(20)22(18)16-31-24-12-8-9-13-25(24)32(37(35,36)30(4)5)17-23(27(31)34)29-26(33)19(2)28-3;/h6-15,19,23,28H,16-17H2,1-5H3,(H,29,33);1H. The van der Waals surface area contributed by atoms with Gasteiger partial charge in [0.05, 0.1) is 30.5 Å². The maximum atomic E-state index is 14.1. The van der Waals surface area contributed by atoms with Gasteiger partial charge in [0.15, 0.2) is 0 Å². The van der Waals surface area contributed by atoms with Crippen LogP contribution in [0.4, 0.5) is 11.4 Å². The van der Waals surface area contributed by atoms with Crippen molar-refractivity contribution in [3.8, 4) is 0 Å². The second-order valence-corrected chi connectivity index (χ2v) is 11.5. The average Bonchev–Trinajstić information content (AvgIpc) is 3.00. The number of nitrogens with zero attached hydrogens (tertiary/aromatic N) is 3. The van der Waals surface area contributed by atoms with Crippen molar-refractivity contribution in [2.24, 2.45) is 0 Å². The fraction of sp³-hybridized carbons (Fsp3) is 0.333. The minimum Gasteiger partial charge on any atom is -0.341 e. The topological polar surface area (TPSA) is 102 Å². The van der Waals surface area contributed by atoms with Gasteiger partial charge in [-0.2, -0.15) is 12.7 Å². The summed E-state index contributed by atoms with van der Waals surface area (Å²) < 4.78 is 29.1. The lowest BCUT2D eigenvalue weighted by atomic mass is 9.99. The third kappa shape index (κ3) is 5.49. The molecule has 1 aliphatic heterocycles. The molecule has 3 aromatic carbocycles. The number of fused-ring (bicyclic) bond motifs is 2. The average molecular weight is 560 g/mol. The van der Waals surface area contributed by atoms with E-state index in [1.807, 2.05) is 43.3 Å². The van der Waals surface area contributed by atoms with Crippen molar-refractivity contribution in [2.45, 2.75) is 32.5 Å². The fourth-order valence-electron chi connectivity index (χ4n) is 4.48. The first kappa shape index (κ1) is 29.4. The monoisotopic (exact) mass is 559 g/mol. The lowest BCUT2D eigenvalue weighted by Gasteiger charge is -2.29. The molecule has 204 valence electrons. The molecule has 0 saturated heterocycles. The molecule has 0 saturated carbocycles. The molecule has 2 N–H and O–H groups in total. The Kier molecular flexibility index (Phi) is 9.04. The third-order valence-electron chi connectivity index (χ3n) is 6.83. The van der Waals surface area contributed by atoms with E-state index in [2.05, 4.69) is 10.6 Å². The van der Waals surface area contributed by atoms with Crippen LogP contribution in [0.2, 0.25) is 0 Å². The summed E-state index contributed by atoms with van der Waals surface area (Å²) in [5.74, 6) is -0.775. The van der Waals surface area contributed by atoms with Crippen molar-refractivity contribution in [1.82, 2.24) is 14.9 Å². The predicted molar refractivity (Wildman–Crippen MR) is 154 cm³/mol. The van der Waals surface area contributed by atoms with Crippen LogP contribution >= 0.6 is 12.4 Å². The van der Waals surface area contributed by atoms with Crippen molar-refractivity contribution < 1.29 is 18.0 Å². The lowest BCUT2D eigenvalue weighted by Crippen LogP contribution is -2.56. The highest BCUT2D eigenvalue weighted by molar-refractivity contribution is 7.90. The molecule has 0 fully saturated rings. The van der Waals surface area contributed by atoms with Crippen LogP contribution in [-0.4, -0.2) is 64.3 Å². The van der Waals surface area contributed by atoms with Gasteiger partial charge in [0.25, 0.3) is 5.91 Å². The molecule has 0 radical (unpaired) electrons. The van der Waals surface area contributed by atoms with E-state index in [9.17, 15) is 18.0 Å². The Morgan fingerprint density at radius 3 is 2.34 bits per heavy atom. The van der Waals surface area contributed by atoms with Crippen molar-refractivity contribution in [3.63, 3.8) is 0 Å². The molecule has 1 aliphatic rings. The minimum absolute atomic E-state index is 0. The van der Waals surface area contributed by atoms with E-state index in [0.717, 1.165) is 26.2 Å². The Morgan fingerprint density at radius 2 is 1.68 bits per heavy atom. The highest BCUT2D eigenvalue weighted by atomic mass is 35.5. The van der Waals surface area contributed by atoms with Gasteiger partial charge >= 0.3 is 10.2 Å². The van der Waals surface area contributed by atoms with Crippen LogP contribution in [0.3, 0.4) is 0 Å². The number of carbonyl (C=O) groups is 2. The number of amides is 2. The van der Waals surface area contributed by atoms with Crippen molar-refractivity contribution in [3.05, 3.63) is 71.8 Å². The summed E-state index contributed by atoms with van der Waals surface area (Å²) in [7, 11) is 0.559. The number of anilines is 2. The molecule has 2 atom stereocenters. The van der Waals surface area contributed by atoms with Gasteiger partial charge in [-0.25, -0.2) is 0 Å². The van der Waals surface area contributed by atoms with E-state index in [1.165, 1.54) is 18.4 Å². The normalized spacial score (nSPS) is 16.6. The molecule has 1 heterocycles. The number of rotatable bonds is 7. The first-order valence-electron chi connectivity index (χ1n) is 12.1. The molecular formula is C27H34ClN5O4S. The Balaban J connectivity index is 0.00000400. The number of halogens is 1. The van der Waals surface area contributed by atoms with Crippen molar-refractivity contribution >= 4 is 56.6 Å². The lowest BCUT2D eigenvalue weighted by molar-refractivity contribution is -0.128.